The number of rotatable bonds is 4. The molecule has 0 atom stereocenters. The molecule has 0 amide bonds. The SMILES string of the molecule is CC(C)N(CC1CCNCC1)C1CCCCCC1. The molecule has 2 nitrogen and oxygen atoms in total. The Bertz CT molecular complexity index is 213. The van der Waals surface area contributed by atoms with E-state index in [4.69, 9.17) is 0 Å². The molecular formula is C16H32N2. The van der Waals surface area contributed by atoms with E-state index in [-0.39, 0.29) is 0 Å². The summed E-state index contributed by atoms with van der Waals surface area (Å²) < 4.78 is 0. The molecule has 0 aromatic carbocycles. The lowest BCUT2D eigenvalue weighted by atomic mass is 9.95. The molecule has 1 N–H and O–H groups in total. The Kier molecular flexibility index (Phi) is 5.97. The minimum Gasteiger partial charge on any atom is -0.317 e. The first-order valence-corrected chi connectivity index (χ1v) is 8.24. The molecule has 0 spiro atoms. The maximum absolute atomic E-state index is 3.49. The molecule has 2 aliphatic rings. The van der Waals surface area contributed by atoms with Gasteiger partial charge < -0.3 is 5.32 Å². The zero-order valence-corrected chi connectivity index (χ0v) is 12.5. The quantitative estimate of drug-likeness (QED) is 0.771. The van der Waals surface area contributed by atoms with Crippen molar-refractivity contribution in [2.24, 2.45) is 5.92 Å². The smallest absolute Gasteiger partial charge is 0.00980 e. The highest BCUT2D eigenvalue weighted by molar-refractivity contribution is 4.81. The van der Waals surface area contributed by atoms with Gasteiger partial charge in [0.25, 0.3) is 0 Å². The van der Waals surface area contributed by atoms with E-state index in [0.29, 0.717) is 0 Å². The number of nitrogens with one attached hydrogen (secondary N) is 1. The highest BCUT2D eigenvalue weighted by Gasteiger charge is 2.25. The highest BCUT2D eigenvalue weighted by atomic mass is 15.2. The minimum atomic E-state index is 0.725. The Morgan fingerprint density at radius 3 is 2.11 bits per heavy atom. The molecule has 1 aliphatic carbocycles. The van der Waals surface area contributed by atoms with Gasteiger partial charge in [-0.3, -0.25) is 4.90 Å². The monoisotopic (exact) mass is 252 g/mol. The van der Waals surface area contributed by atoms with Crippen molar-refractivity contribution in [1.29, 1.82) is 0 Å². The molecule has 0 aromatic rings. The van der Waals surface area contributed by atoms with Crippen molar-refractivity contribution in [3.05, 3.63) is 0 Å². The maximum Gasteiger partial charge on any atom is 0.00980 e. The van der Waals surface area contributed by atoms with E-state index >= 15 is 0 Å². The van der Waals surface area contributed by atoms with Crippen molar-refractivity contribution >= 4 is 0 Å². The molecule has 0 unspecified atom stereocenters. The van der Waals surface area contributed by atoms with Crippen LogP contribution in [0, 0.1) is 5.92 Å². The fourth-order valence-corrected chi connectivity index (χ4v) is 3.73. The average Bonchev–Trinajstić information content (AvgIpc) is 2.65. The van der Waals surface area contributed by atoms with Gasteiger partial charge in [0, 0.05) is 18.6 Å². The molecule has 2 heteroatoms. The zero-order valence-electron chi connectivity index (χ0n) is 12.5. The van der Waals surface area contributed by atoms with Crippen LogP contribution >= 0.6 is 0 Å². The van der Waals surface area contributed by atoms with Crippen LogP contribution in [0.4, 0.5) is 0 Å². The molecule has 1 aliphatic heterocycles. The summed E-state index contributed by atoms with van der Waals surface area (Å²) in [5, 5.41) is 3.49. The molecule has 0 bridgehead atoms. The lowest BCUT2D eigenvalue weighted by Crippen LogP contribution is -2.45. The molecule has 18 heavy (non-hydrogen) atoms. The second-order valence-corrected chi connectivity index (χ2v) is 6.63. The van der Waals surface area contributed by atoms with E-state index in [1.807, 2.05) is 0 Å². The van der Waals surface area contributed by atoms with Crippen LogP contribution in [0.15, 0.2) is 0 Å². The molecule has 106 valence electrons. The Morgan fingerprint density at radius 1 is 0.944 bits per heavy atom. The first-order valence-electron chi connectivity index (χ1n) is 8.24. The lowest BCUT2D eigenvalue weighted by molar-refractivity contribution is 0.106. The topological polar surface area (TPSA) is 15.3 Å². The average molecular weight is 252 g/mol. The van der Waals surface area contributed by atoms with Gasteiger partial charge in [0.05, 0.1) is 0 Å². The van der Waals surface area contributed by atoms with Crippen molar-refractivity contribution in [3.63, 3.8) is 0 Å². The van der Waals surface area contributed by atoms with Gasteiger partial charge in [-0.2, -0.15) is 0 Å². The second-order valence-electron chi connectivity index (χ2n) is 6.63. The minimum absolute atomic E-state index is 0.725. The molecule has 2 fully saturated rings. The second kappa shape index (κ2) is 7.49. The Balaban J connectivity index is 1.89. The predicted octanol–water partition coefficient (Wildman–Crippen LogP) is 3.42. The summed E-state index contributed by atoms with van der Waals surface area (Å²) in [5.74, 6) is 0.942. The third-order valence-corrected chi connectivity index (χ3v) is 4.88. The Morgan fingerprint density at radius 2 is 1.56 bits per heavy atom. The first kappa shape index (κ1) is 14.3. The van der Waals surface area contributed by atoms with Crippen LogP contribution in [0.3, 0.4) is 0 Å². The van der Waals surface area contributed by atoms with Crippen molar-refractivity contribution in [2.75, 3.05) is 19.6 Å². The summed E-state index contributed by atoms with van der Waals surface area (Å²) in [5.41, 5.74) is 0. The first-order chi connectivity index (χ1) is 8.77. The van der Waals surface area contributed by atoms with Crippen LogP contribution < -0.4 is 5.32 Å². The van der Waals surface area contributed by atoms with Gasteiger partial charge >= 0.3 is 0 Å². The zero-order chi connectivity index (χ0) is 12.8. The number of hydrogen-bond donors (Lipinski definition) is 1. The van der Waals surface area contributed by atoms with Crippen LogP contribution in [0.2, 0.25) is 0 Å². The summed E-state index contributed by atoms with van der Waals surface area (Å²) in [6.45, 7) is 8.62. The molecule has 1 saturated heterocycles. The number of piperidine rings is 1. The van der Waals surface area contributed by atoms with Crippen molar-refractivity contribution in [1.82, 2.24) is 10.2 Å². The standard InChI is InChI=1S/C16H32N2/c1-14(2)18(13-15-9-11-17-12-10-15)16-7-5-3-4-6-8-16/h14-17H,3-13H2,1-2H3. The van der Waals surface area contributed by atoms with Crippen LogP contribution in [-0.4, -0.2) is 36.6 Å². The van der Waals surface area contributed by atoms with E-state index < -0.39 is 0 Å². The van der Waals surface area contributed by atoms with Gasteiger partial charge in [-0.25, -0.2) is 0 Å². The van der Waals surface area contributed by atoms with E-state index in [1.165, 1.54) is 71.0 Å². The summed E-state index contributed by atoms with van der Waals surface area (Å²) in [7, 11) is 0. The summed E-state index contributed by atoms with van der Waals surface area (Å²) >= 11 is 0. The van der Waals surface area contributed by atoms with Crippen LogP contribution in [0.5, 0.6) is 0 Å². The predicted molar refractivity (Wildman–Crippen MR) is 78.9 cm³/mol. The van der Waals surface area contributed by atoms with Gasteiger partial charge in [0.2, 0.25) is 0 Å². The van der Waals surface area contributed by atoms with E-state index in [0.717, 1.165) is 18.0 Å². The molecular weight excluding hydrogens is 220 g/mol. The largest absolute Gasteiger partial charge is 0.317 e. The van der Waals surface area contributed by atoms with Gasteiger partial charge in [0.15, 0.2) is 0 Å². The van der Waals surface area contributed by atoms with E-state index in [2.05, 4.69) is 24.1 Å². The van der Waals surface area contributed by atoms with Crippen LogP contribution in [0.1, 0.15) is 65.2 Å². The Labute approximate surface area is 114 Å². The highest BCUT2D eigenvalue weighted by Crippen LogP contribution is 2.25. The summed E-state index contributed by atoms with van der Waals surface area (Å²) in [6.07, 6.45) is 11.5. The normalized spacial score (nSPS) is 24.7. The van der Waals surface area contributed by atoms with Crippen LogP contribution in [0.25, 0.3) is 0 Å². The Hall–Kier alpha value is -0.0800. The van der Waals surface area contributed by atoms with E-state index in [1.54, 1.807) is 0 Å². The number of hydrogen-bond acceptors (Lipinski definition) is 2. The summed E-state index contributed by atoms with van der Waals surface area (Å²) in [4.78, 5) is 2.83. The van der Waals surface area contributed by atoms with Gasteiger partial charge in [0.1, 0.15) is 0 Å². The molecule has 2 rings (SSSR count). The van der Waals surface area contributed by atoms with Gasteiger partial charge in [-0.1, -0.05) is 25.7 Å². The van der Waals surface area contributed by atoms with Crippen molar-refractivity contribution in [2.45, 2.75) is 77.3 Å². The number of nitrogens with zero attached hydrogens (tertiary/aromatic N) is 1. The lowest BCUT2D eigenvalue weighted by Gasteiger charge is -2.38. The fraction of sp³-hybridized carbons (Fsp3) is 1.00. The van der Waals surface area contributed by atoms with Crippen molar-refractivity contribution < 1.29 is 0 Å². The molecule has 0 aromatic heterocycles. The van der Waals surface area contributed by atoms with Gasteiger partial charge in [-0.15, -0.1) is 0 Å². The third kappa shape index (κ3) is 4.24. The molecule has 1 saturated carbocycles. The third-order valence-electron chi connectivity index (χ3n) is 4.88. The molecule has 0 radical (unpaired) electrons. The van der Waals surface area contributed by atoms with Crippen LogP contribution in [-0.2, 0) is 0 Å². The van der Waals surface area contributed by atoms with Gasteiger partial charge in [-0.05, 0) is 58.5 Å². The fourth-order valence-electron chi connectivity index (χ4n) is 3.73. The van der Waals surface area contributed by atoms with E-state index in [9.17, 15) is 0 Å². The summed E-state index contributed by atoms with van der Waals surface area (Å²) in [6, 6.07) is 1.60. The van der Waals surface area contributed by atoms with Crippen molar-refractivity contribution in [3.8, 4) is 0 Å². The maximum atomic E-state index is 3.49. The molecule has 1 heterocycles.